The number of piperazine rings is 1. The van der Waals surface area contributed by atoms with Crippen molar-refractivity contribution >= 4 is 24.6 Å². The van der Waals surface area contributed by atoms with Crippen LogP contribution in [0.2, 0.25) is 0 Å². The van der Waals surface area contributed by atoms with Gasteiger partial charge in [0, 0.05) is 26.2 Å². The lowest BCUT2D eigenvalue weighted by Crippen LogP contribution is -2.51. The third kappa shape index (κ3) is 4.46. The van der Waals surface area contributed by atoms with E-state index in [1.807, 2.05) is 20.8 Å². The Balaban J connectivity index is 2.42. The fourth-order valence-electron chi connectivity index (χ4n) is 1.56. The minimum absolute atomic E-state index is 0.0113. The van der Waals surface area contributed by atoms with Crippen LogP contribution in [-0.2, 0) is 9.53 Å². The smallest absolute Gasteiger partial charge is 0.410 e. The van der Waals surface area contributed by atoms with Gasteiger partial charge in [-0.3, -0.25) is 4.79 Å². The highest BCUT2D eigenvalue weighted by molar-refractivity contribution is 7.81. The number of ether oxygens (including phenoxy) is 1. The van der Waals surface area contributed by atoms with E-state index in [-0.39, 0.29) is 17.8 Å². The minimum atomic E-state index is -0.477. The molecule has 0 aromatic carbocycles. The summed E-state index contributed by atoms with van der Waals surface area (Å²) in [5, 5.41) is 0. The fourth-order valence-corrected chi connectivity index (χ4v) is 1.76. The maximum atomic E-state index is 11.7. The van der Waals surface area contributed by atoms with Gasteiger partial charge < -0.3 is 14.5 Å². The zero-order valence-corrected chi connectivity index (χ0v) is 11.5. The highest BCUT2D eigenvalue weighted by Gasteiger charge is 2.26. The van der Waals surface area contributed by atoms with Crippen LogP contribution in [0.4, 0.5) is 4.79 Å². The molecule has 5 nitrogen and oxygen atoms in total. The molecule has 0 spiro atoms. The molecule has 1 saturated heterocycles. The summed E-state index contributed by atoms with van der Waals surface area (Å²) in [6, 6.07) is 0. The Morgan fingerprint density at radius 2 is 1.59 bits per heavy atom. The summed E-state index contributed by atoms with van der Waals surface area (Å²) in [7, 11) is 0. The lowest BCUT2D eigenvalue weighted by Gasteiger charge is -2.35. The largest absolute Gasteiger partial charge is 0.444 e. The number of carbonyl (C=O) groups excluding carboxylic acids is 2. The summed E-state index contributed by atoms with van der Waals surface area (Å²) in [5.74, 6) is 0.226. The van der Waals surface area contributed by atoms with Crippen molar-refractivity contribution < 1.29 is 14.3 Å². The van der Waals surface area contributed by atoms with E-state index in [1.165, 1.54) is 0 Å². The summed E-state index contributed by atoms with van der Waals surface area (Å²) < 4.78 is 5.27. The summed E-state index contributed by atoms with van der Waals surface area (Å²) in [6.07, 6.45) is -0.310. The van der Waals surface area contributed by atoms with E-state index in [4.69, 9.17) is 4.74 Å². The second kappa shape index (κ2) is 5.62. The number of hydrogen-bond acceptors (Lipinski definition) is 4. The number of nitrogens with zero attached hydrogens (tertiary/aromatic N) is 2. The molecule has 1 aliphatic heterocycles. The molecule has 0 saturated carbocycles. The number of hydrogen-bond donors (Lipinski definition) is 1. The zero-order chi connectivity index (χ0) is 13.1. The first-order chi connectivity index (χ1) is 7.83. The molecule has 0 radical (unpaired) electrons. The van der Waals surface area contributed by atoms with Crippen molar-refractivity contribution in [2.24, 2.45) is 0 Å². The van der Waals surface area contributed by atoms with Crippen molar-refractivity contribution in [3.05, 3.63) is 0 Å². The maximum absolute atomic E-state index is 11.7. The van der Waals surface area contributed by atoms with E-state index in [0.29, 0.717) is 26.2 Å². The Hall–Kier alpha value is -0.910. The summed E-state index contributed by atoms with van der Waals surface area (Å²) >= 11 is 3.95. The predicted octanol–water partition coefficient (Wildman–Crippen LogP) is 0.996. The number of amides is 2. The molecule has 0 atom stereocenters. The van der Waals surface area contributed by atoms with Crippen molar-refractivity contribution in [3.63, 3.8) is 0 Å². The Morgan fingerprint density at radius 1 is 1.12 bits per heavy atom. The SMILES string of the molecule is CC(C)(C)OC(=O)N1CCN(C(=O)CS)CC1. The monoisotopic (exact) mass is 260 g/mol. The molecule has 0 aliphatic carbocycles. The van der Waals surface area contributed by atoms with E-state index < -0.39 is 5.60 Å². The van der Waals surface area contributed by atoms with Gasteiger partial charge in [-0.15, -0.1) is 0 Å². The number of carbonyl (C=O) groups is 2. The molecule has 0 aromatic heterocycles. The van der Waals surface area contributed by atoms with Gasteiger partial charge in [0.05, 0.1) is 5.75 Å². The molecular formula is C11H20N2O3S. The van der Waals surface area contributed by atoms with Gasteiger partial charge >= 0.3 is 6.09 Å². The molecule has 1 rings (SSSR count). The molecule has 98 valence electrons. The second-order valence-corrected chi connectivity index (χ2v) is 5.32. The summed E-state index contributed by atoms with van der Waals surface area (Å²) in [5.41, 5.74) is -0.477. The van der Waals surface area contributed by atoms with Gasteiger partial charge in [-0.05, 0) is 20.8 Å². The van der Waals surface area contributed by atoms with E-state index in [2.05, 4.69) is 12.6 Å². The third-order valence-corrected chi connectivity index (χ3v) is 2.69. The van der Waals surface area contributed by atoms with Crippen LogP contribution in [0.15, 0.2) is 0 Å². The van der Waals surface area contributed by atoms with Gasteiger partial charge in [-0.1, -0.05) is 0 Å². The first kappa shape index (κ1) is 14.2. The van der Waals surface area contributed by atoms with Crippen LogP contribution in [0, 0.1) is 0 Å². The molecule has 0 unspecified atom stereocenters. The summed E-state index contributed by atoms with van der Waals surface area (Å²) in [4.78, 5) is 26.5. The Morgan fingerprint density at radius 3 is 2.00 bits per heavy atom. The Labute approximate surface area is 107 Å². The maximum Gasteiger partial charge on any atom is 0.410 e. The van der Waals surface area contributed by atoms with Gasteiger partial charge in [0.15, 0.2) is 0 Å². The number of thiol groups is 1. The molecule has 17 heavy (non-hydrogen) atoms. The lowest BCUT2D eigenvalue weighted by molar-refractivity contribution is -0.130. The van der Waals surface area contributed by atoms with Gasteiger partial charge in [0.2, 0.25) is 5.91 Å². The van der Waals surface area contributed by atoms with Crippen LogP contribution in [0.25, 0.3) is 0 Å². The third-order valence-electron chi connectivity index (χ3n) is 2.42. The molecular weight excluding hydrogens is 240 g/mol. The molecule has 0 aromatic rings. The highest BCUT2D eigenvalue weighted by Crippen LogP contribution is 2.11. The van der Waals surface area contributed by atoms with Crippen LogP contribution < -0.4 is 0 Å². The first-order valence-corrected chi connectivity index (χ1v) is 6.33. The van der Waals surface area contributed by atoms with Crippen LogP contribution in [0.3, 0.4) is 0 Å². The van der Waals surface area contributed by atoms with E-state index in [1.54, 1.807) is 9.80 Å². The quantitative estimate of drug-likeness (QED) is 0.715. The standard InChI is InChI=1S/C11H20N2O3S/c1-11(2,3)16-10(15)13-6-4-12(5-7-13)9(14)8-17/h17H,4-8H2,1-3H3. The Bertz CT molecular complexity index is 294. The molecule has 2 amide bonds. The van der Waals surface area contributed by atoms with Crippen molar-refractivity contribution in [1.29, 1.82) is 0 Å². The van der Waals surface area contributed by atoms with Gasteiger partial charge in [0.25, 0.3) is 0 Å². The van der Waals surface area contributed by atoms with Crippen LogP contribution >= 0.6 is 12.6 Å². The van der Waals surface area contributed by atoms with Crippen LogP contribution in [-0.4, -0.2) is 59.3 Å². The molecule has 0 bridgehead atoms. The molecule has 1 aliphatic rings. The van der Waals surface area contributed by atoms with Gasteiger partial charge in [-0.25, -0.2) is 4.79 Å². The van der Waals surface area contributed by atoms with Crippen molar-refractivity contribution in [3.8, 4) is 0 Å². The average molecular weight is 260 g/mol. The van der Waals surface area contributed by atoms with Gasteiger partial charge in [0.1, 0.15) is 5.60 Å². The topological polar surface area (TPSA) is 49.9 Å². The molecule has 1 fully saturated rings. The average Bonchev–Trinajstić information content (AvgIpc) is 2.26. The number of rotatable bonds is 1. The molecule has 0 N–H and O–H groups in total. The summed E-state index contributed by atoms with van der Waals surface area (Å²) in [6.45, 7) is 7.67. The zero-order valence-electron chi connectivity index (χ0n) is 10.6. The molecule has 6 heteroatoms. The normalized spacial score (nSPS) is 16.9. The Kier molecular flexibility index (Phi) is 4.68. The first-order valence-electron chi connectivity index (χ1n) is 5.70. The van der Waals surface area contributed by atoms with Crippen molar-refractivity contribution in [1.82, 2.24) is 9.80 Å². The van der Waals surface area contributed by atoms with E-state index in [0.717, 1.165) is 0 Å². The van der Waals surface area contributed by atoms with Crippen LogP contribution in [0.5, 0.6) is 0 Å². The highest BCUT2D eigenvalue weighted by atomic mass is 32.1. The van der Waals surface area contributed by atoms with Crippen molar-refractivity contribution in [2.75, 3.05) is 31.9 Å². The lowest BCUT2D eigenvalue weighted by atomic mass is 10.2. The van der Waals surface area contributed by atoms with Gasteiger partial charge in [-0.2, -0.15) is 12.6 Å². The predicted molar refractivity (Wildman–Crippen MR) is 68.2 cm³/mol. The van der Waals surface area contributed by atoms with Crippen LogP contribution in [0.1, 0.15) is 20.8 Å². The molecule has 1 heterocycles. The second-order valence-electron chi connectivity index (χ2n) is 5.01. The minimum Gasteiger partial charge on any atom is -0.444 e. The van der Waals surface area contributed by atoms with E-state index in [9.17, 15) is 9.59 Å². The van der Waals surface area contributed by atoms with E-state index >= 15 is 0 Å². The fraction of sp³-hybridized carbons (Fsp3) is 0.818. The van der Waals surface area contributed by atoms with Crippen molar-refractivity contribution in [2.45, 2.75) is 26.4 Å².